The highest BCUT2D eigenvalue weighted by Gasteiger charge is 2.44. The number of hydrogen-bond acceptors (Lipinski definition) is 4. The van der Waals surface area contributed by atoms with Crippen molar-refractivity contribution >= 4 is 0 Å². The van der Waals surface area contributed by atoms with Crippen LogP contribution < -0.4 is 0 Å². The Morgan fingerprint density at radius 2 is 2.05 bits per heavy atom. The second-order valence-corrected chi connectivity index (χ2v) is 7.12. The van der Waals surface area contributed by atoms with Gasteiger partial charge in [-0.2, -0.15) is 4.74 Å². The minimum atomic E-state index is -1.24. The van der Waals surface area contributed by atoms with Crippen molar-refractivity contribution in [3.63, 3.8) is 0 Å². The van der Waals surface area contributed by atoms with Crippen molar-refractivity contribution in [1.29, 1.82) is 0 Å². The van der Waals surface area contributed by atoms with E-state index in [1.54, 1.807) is 21.1 Å². The van der Waals surface area contributed by atoms with E-state index >= 15 is 0 Å². The van der Waals surface area contributed by atoms with E-state index in [4.69, 9.17) is 9.47 Å². The van der Waals surface area contributed by atoms with Gasteiger partial charge in [0.2, 0.25) is 6.61 Å². The van der Waals surface area contributed by atoms with Crippen LogP contribution in [-0.4, -0.2) is 42.7 Å². The lowest BCUT2D eigenvalue weighted by Gasteiger charge is -2.38. The normalized spacial score (nSPS) is 29.9. The smallest absolute Gasteiger partial charge is 0.230 e. The van der Waals surface area contributed by atoms with Gasteiger partial charge in [0.05, 0.1) is 19.8 Å². The first kappa shape index (κ1) is 19.5. The van der Waals surface area contributed by atoms with Crippen molar-refractivity contribution in [2.24, 2.45) is 23.7 Å². The summed E-state index contributed by atoms with van der Waals surface area (Å²) in [4.78, 5) is 0. The maximum absolute atomic E-state index is 10.4. The third-order valence-corrected chi connectivity index (χ3v) is 5.17. The van der Waals surface area contributed by atoms with Crippen LogP contribution in [0.25, 0.3) is 0 Å². The average molecular weight is 313 g/mol. The molecule has 0 amide bonds. The molecule has 0 fully saturated rings. The molecule has 22 heavy (non-hydrogen) atoms. The number of rotatable bonds is 8. The first-order valence-corrected chi connectivity index (χ1v) is 8.17. The fourth-order valence-electron chi connectivity index (χ4n) is 3.58. The Labute approximate surface area is 135 Å². The lowest BCUT2D eigenvalue weighted by molar-refractivity contribution is -0.117. The molecular formula is C18H33O4+. The molecule has 0 heterocycles. The zero-order valence-electron chi connectivity index (χ0n) is 14.9. The fraction of sp³-hybridized carbons (Fsp3) is 0.833. The molecule has 4 nitrogen and oxygen atoms in total. The highest BCUT2D eigenvalue weighted by atomic mass is 16.5. The minimum absolute atomic E-state index is 0.254. The Kier molecular flexibility index (Phi) is 7.39. The van der Waals surface area contributed by atoms with Crippen LogP contribution in [0.3, 0.4) is 0 Å². The van der Waals surface area contributed by atoms with Gasteiger partial charge in [0.15, 0.2) is 0 Å². The lowest BCUT2D eigenvalue weighted by atomic mass is 9.66. The van der Waals surface area contributed by atoms with Gasteiger partial charge >= 0.3 is 0 Å². The van der Waals surface area contributed by atoms with Gasteiger partial charge in [-0.25, -0.2) is 0 Å². The van der Waals surface area contributed by atoms with Crippen molar-refractivity contribution in [1.82, 2.24) is 0 Å². The molecule has 0 saturated carbocycles. The quantitative estimate of drug-likeness (QED) is 0.534. The maximum atomic E-state index is 10.4. The van der Waals surface area contributed by atoms with Crippen molar-refractivity contribution in [3.8, 4) is 0 Å². The third kappa shape index (κ3) is 4.48. The van der Waals surface area contributed by atoms with E-state index in [2.05, 4.69) is 26.8 Å². The van der Waals surface area contributed by atoms with Gasteiger partial charge in [-0.15, -0.1) is 0 Å². The highest BCUT2D eigenvalue weighted by molar-refractivity contribution is 5.14. The number of methoxy groups -OCH3 is 2. The Hall–Kier alpha value is -0.550. The zero-order valence-corrected chi connectivity index (χ0v) is 14.9. The molecule has 1 rings (SSSR count). The van der Waals surface area contributed by atoms with Crippen LogP contribution in [-0.2, 0) is 9.47 Å². The molecule has 0 aliphatic heterocycles. The third-order valence-electron chi connectivity index (χ3n) is 5.17. The standard InChI is InChI=1S/C18H33O4/c1-12(2)14-8-7-13(3)15(16(14)10-21-5)9-17(22-6)18(4,20)11-19/h7,10,12,14-17,19-20H,8-9,11H2,1-6H3/q+1/t14-,15+,16-,17+,18-/m1/s1. The largest absolute Gasteiger partial charge is 0.393 e. The van der Waals surface area contributed by atoms with E-state index in [9.17, 15) is 10.2 Å². The van der Waals surface area contributed by atoms with Crippen LogP contribution in [0.2, 0.25) is 0 Å². The van der Waals surface area contributed by atoms with Crippen LogP contribution >= 0.6 is 0 Å². The molecule has 0 aromatic rings. The number of allylic oxidation sites excluding steroid dienone is 2. The molecule has 0 aromatic carbocycles. The molecule has 1 aliphatic carbocycles. The first-order valence-electron chi connectivity index (χ1n) is 8.17. The van der Waals surface area contributed by atoms with E-state index in [1.165, 1.54) is 5.57 Å². The molecule has 2 N–H and O–H groups in total. The summed E-state index contributed by atoms with van der Waals surface area (Å²) in [7, 11) is 3.28. The summed E-state index contributed by atoms with van der Waals surface area (Å²) in [5.74, 6) is 1.62. The molecule has 0 saturated heterocycles. The lowest BCUT2D eigenvalue weighted by Crippen LogP contribution is -2.46. The van der Waals surface area contributed by atoms with Crippen molar-refractivity contribution in [2.75, 3.05) is 20.8 Å². The van der Waals surface area contributed by atoms with Crippen molar-refractivity contribution in [2.45, 2.75) is 52.2 Å². The van der Waals surface area contributed by atoms with Gasteiger partial charge in [0.25, 0.3) is 0 Å². The van der Waals surface area contributed by atoms with Gasteiger partial charge < -0.3 is 14.9 Å². The van der Waals surface area contributed by atoms with Gasteiger partial charge in [-0.3, -0.25) is 0 Å². The molecule has 0 radical (unpaired) electrons. The van der Waals surface area contributed by atoms with Gasteiger partial charge in [-0.05, 0) is 32.6 Å². The predicted molar refractivity (Wildman–Crippen MR) is 88.1 cm³/mol. The van der Waals surface area contributed by atoms with Crippen LogP contribution in [0.1, 0.15) is 40.5 Å². The zero-order chi connectivity index (χ0) is 16.9. The minimum Gasteiger partial charge on any atom is -0.393 e. The Morgan fingerprint density at radius 3 is 2.50 bits per heavy atom. The molecule has 0 unspecified atom stereocenters. The molecule has 128 valence electrons. The summed E-state index contributed by atoms with van der Waals surface area (Å²) in [5, 5.41) is 19.8. The van der Waals surface area contributed by atoms with Crippen LogP contribution in [0, 0.1) is 30.3 Å². The van der Waals surface area contributed by atoms with E-state index in [-0.39, 0.29) is 12.5 Å². The van der Waals surface area contributed by atoms with Gasteiger partial charge in [-0.1, -0.05) is 25.5 Å². The van der Waals surface area contributed by atoms with E-state index in [0.717, 1.165) is 6.42 Å². The molecular weight excluding hydrogens is 280 g/mol. The van der Waals surface area contributed by atoms with Crippen LogP contribution in [0.5, 0.6) is 0 Å². The summed E-state index contributed by atoms with van der Waals surface area (Å²) in [6, 6.07) is 0. The summed E-state index contributed by atoms with van der Waals surface area (Å²) in [6.07, 6.45) is 3.61. The van der Waals surface area contributed by atoms with E-state index < -0.39 is 11.7 Å². The van der Waals surface area contributed by atoms with Gasteiger partial charge in [0.1, 0.15) is 11.5 Å². The summed E-state index contributed by atoms with van der Waals surface area (Å²) in [6.45, 7) is 9.87. The molecule has 4 heteroatoms. The van der Waals surface area contributed by atoms with Crippen LogP contribution in [0.15, 0.2) is 11.6 Å². The number of ether oxygens (including phenoxy) is 2. The van der Waals surface area contributed by atoms with Crippen molar-refractivity contribution < 1.29 is 19.7 Å². The SMILES string of the molecule is CO[CH+][C@@H]1[C@@H](C(C)C)CC=C(C)[C@@H]1C[C@H](OC)[C@](C)(O)CO. The Balaban J connectivity index is 3.00. The van der Waals surface area contributed by atoms with Crippen LogP contribution in [0.4, 0.5) is 0 Å². The second-order valence-electron chi connectivity index (χ2n) is 7.12. The highest BCUT2D eigenvalue weighted by Crippen LogP contribution is 2.43. The molecule has 1 aliphatic rings. The second kappa shape index (κ2) is 8.34. The molecule has 0 aromatic heterocycles. The van der Waals surface area contributed by atoms with Gasteiger partial charge in [0, 0.05) is 18.9 Å². The monoisotopic (exact) mass is 313 g/mol. The van der Waals surface area contributed by atoms with E-state index in [0.29, 0.717) is 24.2 Å². The predicted octanol–water partition coefficient (Wildman–Crippen LogP) is 2.80. The number of hydrogen-bond donors (Lipinski definition) is 2. The molecule has 0 bridgehead atoms. The Morgan fingerprint density at radius 1 is 1.41 bits per heavy atom. The molecule has 5 atom stereocenters. The Bertz CT molecular complexity index is 362. The first-order chi connectivity index (χ1) is 10.3. The molecule has 0 spiro atoms. The number of aliphatic hydroxyl groups is 2. The van der Waals surface area contributed by atoms with E-state index in [1.807, 2.05) is 6.61 Å². The summed E-state index contributed by atoms with van der Waals surface area (Å²) in [5.41, 5.74) is 0.0724. The van der Waals surface area contributed by atoms with Crippen molar-refractivity contribution in [3.05, 3.63) is 18.3 Å². The number of aliphatic hydroxyl groups excluding tert-OH is 1. The topological polar surface area (TPSA) is 58.9 Å². The average Bonchev–Trinajstić information content (AvgIpc) is 2.46. The fourth-order valence-corrected chi connectivity index (χ4v) is 3.58. The summed E-state index contributed by atoms with van der Waals surface area (Å²) >= 11 is 0. The summed E-state index contributed by atoms with van der Waals surface area (Å²) < 4.78 is 10.8. The maximum Gasteiger partial charge on any atom is 0.230 e.